The van der Waals surface area contributed by atoms with Gasteiger partial charge in [0.15, 0.2) is 0 Å². The minimum atomic E-state index is 0.786. The van der Waals surface area contributed by atoms with E-state index in [9.17, 15) is 4.79 Å². The van der Waals surface area contributed by atoms with Crippen molar-refractivity contribution in [3.05, 3.63) is 53.6 Å². The molecule has 0 aliphatic rings. The van der Waals surface area contributed by atoms with Crippen LogP contribution in [0.1, 0.15) is 29.8 Å². The molecule has 0 aliphatic heterocycles. The summed E-state index contributed by atoms with van der Waals surface area (Å²) in [7, 11) is 0. The maximum absolute atomic E-state index is 11.0. The van der Waals surface area contributed by atoms with Gasteiger partial charge in [0.2, 0.25) is 0 Å². The molecular weight excluding hydrogens is 234 g/mol. The second-order valence-corrected chi connectivity index (χ2v) is 4.50. The van der Waals surface area contributed by atoms with Gasteiger partial charge in [0.25, 0.3) is 0 Å². The average molecular weight is 253 g/mol. The highest BCUT2D eigenvalue weighted by molar-refractivity contribution is 5.80. The zero-order valence-electron chi connectivity index (χ0n) is 11.4. The number of benzene rings is 2. The van der Waals surface area contributed by atoms with Gasteiger partial charge in [0, 0.05) is 17.8 Å². The van der Waals surface area contributed by atoms with Crippen LogP contribution in [-0.4, -0.2) is 12.8 Å². The van der Waals surface area contributed by atoms with Gasteiger partial charge in [-0.25, -0.2) is 0 Å². The molecular formula is C17H19NO. The van der Waals surface area contributed by atoms with Crippen LogP contribution in [0, 0.1) is 0 Å². The molecule has 0 atom stereocenters. The lowest BCUT2D eigenvalue weighted by atomic mass is 9.98. The molecule has 0 amide bonds. The fraction of sp³-hybridized carbons (Fsp3) is 0.235. The van der Waals surface area contributed by atoms with Gasteiger partial charge in [0.1, 0.15) is 6.29 Å². The highest BCUT2D eigenvalue weighted by Crippen LogP contribution is 2.25. The number of hydrogen-bond donors (Lipinski definition) is 1. The van der Waals surface area contributed by atoms with E-state index < -0.39 is 0 Å². The molecule has 0 unspecified atom stereocenters. The normalized spacial score (nSPS) is 10.2. The summed E-state index contributed by atoms with van der Waals surface area (Å²) in [5, 5.41) is 3.31. The summed E-state index contributed by atoms with van der Waals surface area (Å²) in [4.78, 5) is 11.0. The first-order chi connectivity index (χ1) is 9.28. The van der Waals surface area contributed by atoms with Crippen LogP contribution in [0.2, 0.25) is 0 Å². The molecule has 2 heteroatoms. The Kier molecular flexibility index (Phi) is 4.35. The van der Waals surface area contributed by atoms with Gasteiger partial charge in [-0.3, -0.25) is 4.79 Å². The molecule has 19 heavy (non-hydrogen) atoms. The zero-order valence-corrected chi connectivity index (χ0v) is 11.4. The Labute approximate surface area is 114 Å². The van der Waals surface area contributed by atoms with Crippen LogP contribution in [0.25, 0.3) is 11.1 Å². The van der Waals surface area contributed by atoms with Crippen LogP contribution in [-0.2, 0) is 6.42 Å². The quantitative estimate of drug-likeness (QED) is 0.811. The minimum Gasteiger partial charge on any atom is -0.385 e. The van der Waals surface area contributed by atoms with E-state index in [1.807, 2.05) is 18.2 Å². The number of anilines is 1. The van der Waals surface area contributed by atoms with Crippen molar-refractivity contribution >= 4 is 12.0 Å². The Bertz CT molecular complexity index is 575. The monoisotopic (exact) mass is 253 g/mol. The first-order valence-electron chi connectivity index (χ1n) is 6.71. The summed E-state index contributed by atoms with van der Waals surface area (Å²) in [5.74, 6) is 0. The summed E-state index contributed by atoms with van der Waals surface area (Å²) < 4.78 is 0. The molecule has 98 valence electrons. The molecule has 0 aliphatic carbocycles. The molecule has 2 aromatic rings. The van der Waals surface area contributed by atoms with E-state index in [-0.39, 0.29) is 0 Å². The fourth-order valence-corrected chi connectivity index (χ4v) is 2.22. The van der Waals surface area contributed by atoms with Crippen molar-refractivity contribution in [1.29, 1.82) is 0 Å². The fourth-order valence-electron chi connectivity index (χ4n) is 2.22. The third-order valence-electron chi connectivity index (χ3n) is 3.23. The SMILES string of the molecule is CCNc1cccc(-c2ccc(C=O)c(CC)c2)c1. The maximum atomic E-state index is 11.0. The van der Waals surface area contributed by atoms with E-state index in [2.05, 4.69) is 43.4 Å². The van der Waals surface area contributed by atoms with E-state index in [0.29, 0.717) is 0 Å². The van der Waals surface area contributed by atoms with Crippen molar-refractivity contribution in [3.8, 4) is 11.1 Å². The number of hydrogen-bond acceptors (Lipinski definition) is 2. The Morgan fingerprint density at radius 2 is 1.84 bits per heavy atom. The van der Waals surface area contributed by atoms with E-state index >= 15 is 0 Å². The minimum absolute atomic E-state index is 0.786. The van der Waals surface area contributed by atoms with Gasteiger partial charge in [0.05, 0.1) is 0 Å². The highest BCUT2D eigenvalue weighted by Gasteiger charge is 2.04. The lowest BCUT2D eigenvalue weighted by Gasteiger charge is -2.09. The maximum Gasteiger partial charge on any atom is 0.150 e. The van der Waals surface area contributed by atoms with Gasteiger partial charge >= 0.3 is 0 Å². The second kappa shape index (κ2) is 6.19. The summed E-state index contributed by atoms with van der Waals surface area (Å²) >= 11 is 0. The predicted octanol–water partition coefficient (Wildman–Crippen LogP) is 4.16. The summed E-state index contributed by atoms with van der Waals surface area (Å²) in [5.41, 5.74) is 5.33. The largest absolute Gasteiger partial charge is 0.385 e. The lowest BCUT2D eigenvalue weighted by molar-refractivity contribution is 0.112. The molecule has 0 heterocycles. The van der Waals surface area contributed by atoms with Crippen LogP contribution in [0.15, 0.2) is 42.5 Å². The Morgan fingerprint density at radius 3 is 2.53 bits per heavy atom. The molecule has 1 N–H and O–H groups in total. The van der Waals surface area contributed by atoms with E-state index in [1.54, 1.807) is 0 Å². The number of nitrogens with one attached hydrogen (secondary N) is 1. The Balaban J connectivity index is 2.41. The van der Waals surface area contributed by atoms with E-state index in [0.717, 1.165) is 41.6 Å². The number of carbonyl (C=O) groups excluding carboxylic acids is 1. The molecule has 2 nitrogen and oxygen atoms in total. The third-order valence-corrected chi connectivity index (χ3v) is 3.23. The van der Waals surface area contributed by atoms with Gasteiger partial charge in [-0.2, -0.15) is 0 Å². The van der Waals surface area contributed by atoms with Crippen LogP contribution in [0.3, 0.4) is 0 Å². The van der Waals surface area contributed by atoms with Crippen LogP contribution in [0.4, 0.5) is 5.69 Å². The number of aryl methyl sites for hydroxylation is 1. The molecule has 2 rings (SSSR count). The first-order valence-corrected chi connectivity index (χ1v) is 6.71. The van der Waals surface area contributed by atoms with E-state index in [1.165, 1.54) is 5.56 Å². The van der Waals surface area contributed by atoms with Crippen molar-refractivity contribution in [2.24, 2.45) is 0 Å². The van der Waals surface area contributed by atoms with Gasteiger partial charge in [-0.1, -0.05) is 37.3 Å². The molecule has 0 aromatic heterocycles. The number of aldehydes is 1. The van der Waals surface area contributed by atoms with Gasteiger partial charge < -0.3 is 5.32 Å². The van der Waals surface area contributed by atoms with Crippen molar-refractivity contribution in [2.75, 3.05) is 11.9 Å². The molecule has 0 radical (unpaired) electrons. The Morgan fingerprint density at radius 1 is 1.05 bits per heavy atom. The summed E-state index contributed by atoms with van der Waals surface area (Å²) in [6, 6.07) is 14.4. The molecule has 0 spiro atoms. The van der Waals surface area contributed by atoms with Crippen molar-refractivity contribution in [2.45, 2.75) is 20.3 Å². The summed E-state index contributed by atoms with van der Waals surface area (Å²) in [6.07, 6.45) is 1.80. The van der Waals surface area contributed by atoms with Crippen LogP contribution < -0.4 is 5.32 Å². The van der Waals surface area contributed by atoms with Crippen molar-refractivity contribution < 1.29 is 4.79 Å². The Hall–Kier alpha value is -2.09. The first kappa shape index (κ1) is 13.3. The predicted molar refractivity (Wildman–Crippen MR) is 80.8 cm³/mol. The second-order valence-electron chi connectivity index (χ2n) is 4.50. The summed E-state index contributed by atoms with van der Waals surface area (Å²) in [6.45, 7) is 5.07. The average Bonchev–Trinajstić information content (AvgIpc) is 2.47. The standard InChI is InChI=1S/C17H19NO/c1-3-13-10-15(8-9-16(13)12-19)14-6-5-7-17(11-14)18-4-2/h5-12,18H,3-4H2,1-2H3. The number of rotatable bonds is 5. The van der Waals surface area contributed by atoms with Crippen molar-refractivity contribution in [3.63, 3.8) is 0 Å². The smallest absolute Gasteiger partial charge is 0.150 e. The van der Waals surface area contributed by atoms with E-state index in [4.69, 9.17) is 0 Å². The van der Waals surface area contributed by atoms with Gasteiger partial charge in [-0.15, -0.1) is 0 Å². The van der Waals surface area contributed by atoms with Crippen LogP contribution in [0.5, 0.6) is 0 Å². The third kappa shape index (κ3) is 3.02. The molecule has 0 saturated heterocycles. The molecule has 0 saturated carbocycles. The molecule has 0 fully saturated rings. The molecule has 0 bridgehead atoms. The van der Waals surface area contributed by atoms with Crippen molar-refractivity contribution in [1.82, 2.24) is 0 Å². The topological polar surface area (TPSA) is 29.1 Å². The zero-order chi connectivity index (χ0) is 13.7. The highest BCUT2D eigenvalue weighted by atomic mass is 16.1. The van der Waals surface area contributed by atoms with Gasteiger partial charge in [-0.05, 0) is 42.2 Å². The molecule has 2 aromatic carbocycles. The number of carbonyl (C=O) groups is 1. The lowest BCUT2D eigenvalue weighted by Crippen LogP contribution is -1.96. The van der Waals surface area contributed by atoms with Crippen LogP contribution >= 0.6 is 0 Å².